The van der Waals surface area contributed by atoms with Crippen molar-refractivity contribution >= 4 is 39.4 Å². The predicted molar refractivity (Wildman–Crippen MR) is 114 cm³/mol. The Hall–Kier alpha value is -2.50. The van der Waals surface area contributed by atoms with E-state index in [0.29, 0.717) is 23.1 Å². The monoisotopic (exact) mass is 444 g/mol. The summed E-state index contributed by atoms with van der Waals surface area (Å²) in [6.07, 6.45) is 1.72. The van der Waals surface area contributed by atoms with Gasteiger partial charge in [0.15, 0.2) is 11.5 Å². The molecule has 0 fully saturated rings. The molecule has 0 unspecified atom stereocenters. The summed E-state index contributed by atoms with van der Waals surface area (Å²) in [7, 11) is 1.61. The van der Waals surface area contributed by atoms with Crippen molar-refractivity contribution in [2.24, 2.45) is 5.10 Å². The van der Waals surface area contributed by atoms with Gasteiger partial charge in [-0.05, 0) is 46.3 Å². The quantitative estimate of drug-likeness (QED) is 0.351. The number of methoxy groups -OCH3 is 1. The Morgan fingerprint density at radius 1 is 1.04 bits per heavy atom. The van der Waals surface area contributed by atoms with Gasteiger partial charge in [-0.3, -0.25) is 5.43 Å². The number of rotatable bonds is 7. The molecular weight excluding hydrogens is 428 g/mol. The number of anilines is 1. The van der Waals surface area contributed by atoms with E-state index in [1.807, 2.05) is 66.7 Å². The van der Waals surface area contributed by atoms with Crippen molar-refractivity contribution in [2.45, 2.75) is 6.61 Å². The van der Waals surface area contributed by atoms with Crippen LogP contribution in [0.25, 0.3) is 0 Å². The van der Waals surface area contributed by atoms with Gasteiger partial charge in [-0.15, -0.1) is 0 Å². The summed E-state index contributed by atoms with van der Waals surface area (Å²) in [5.41, 5.74) is 5.67. The second-order valence-corrected chi connectivity index (χ2v) is 6.90. The zero-order valence-electron chi connectivity index (χ0n) is 14.7. The maximum absolute atomic E-state index is 6.18. The van der Waals surface area contributed by atoms with Crippen LogP contribution in [-0.4, -0.2) is 13.3 Å². The predicted octanol–water partition coefficient (Wildman–Crippen LogP) is 6.14. The third-order valence-electron chi connectivity index (χ3n) is 3.80. The van der Waals surface area contributed by atoms with Gasteiger partial charge >= 0.3 is 0 Å². The molecular formula is C21H18BrClN2O2. The van der Waals surface area contributed by atoms with Crippen LogP contribution in [0.1, 0.15) is 11.1 Å². The summed E-state index contributed by atoms with van der Waals surface area (Å²) in [6, 6.07) is 21.0. The fourth-order valence-corrected chi connectivity index (χ4v) is 3.00. The molecule has 0 radical (unpaired) electrons. The lowest BCUT2D eigenvalue weighted by Crippen LogP contribution is -2.00. The van der Waals surface area contributed by atoms with E-state index in [0.717, 1.165) is 21.3 Å². The van der Waals surface area contributed by atoms with Gasteiger partial charge in [-0.2, -0.15) is 5.10 Å². The molecule has 0 aliphatic rings. The highest BCUT2D eigenvalue weighted by Gasteiger charge is 2.10. The van der Waals surface area contributed by atoms with Crippen LogP contribution < -0.4 is 14.9 Å². The number of nitrogens with one attached hydrogen (secondary N) is 1. The zero-order valence-corrected chi connectivity index (χ0v) is 17.0. The van der Waals surface area contributed by atoms with E-state index >= 15 is 0 Å². The zero-order chi connectivity index (χ0) is 19.1. The molecule has 0 saturated carbocycles. The van der Waals surface area contributed by atoms with E-state index in [4.69, 9.17) is 21.1 Å². The van der Waals surface area contributed by atoms with Crippen molar-refractivity contribution in [3.8, 4) is 11.5 Å². The summed E-state index contributed by atoms with van der Waals surface area (Å²) >= 11 is 9.74. The number of hydrazone groups is 1. The van der Waals surface area contributed by atoms with E-state index in [1.54, 1.807) is 13.3 Å². The van der Waals surface area contributed by atoms with E-state index in [1.165, 1.54) is 0 Å². The maximum atomic E-state index is 6.18. The molecule has 27 heavy (non-hydrogen) atoms. The normalized spacial score (nSPS) is 10.8. The summed E-state index contributed by atoms with van der Waals surface area (Å²) in [6.45, 7) is 0.353. The number of hydrogen-bond donors (Lipinski definition) is 1. The molecule has 4 nitrogen and oxygen atoms in total. The largest absolute Gasteiger partial charge is 0.493 e. The molecule has 0 aromatic heterocycles. The van der Waals surface area contributed by atoms with Crippen LogP contribution in [-0.2, 0) is 6.61 Å². The Labute approximate surface area is 171 Å². The van der Waals surface area contributed by atoms with Crippen LogP contribution in [0.2, 0.25) is 5.02 Å². The standard InChI is InChI=1S/C21H18BrClN2O2/c1-26-20-11-16(13-24-25-17-8-3-2-4-9-17)18(22)12-21(20)27-14-15-7-5-6-10-19(15)23/h2-13,25H,14H2,1H3. The molecule has 3 aromatic rings. The van der Waals surface area contributed by atoms with E-state index < -0.39 is 0 Å². The number of nitrogens with zero attached hydrogens (tertiary/aromatic N) is 1. The highest BCUT2D eigenvalue weighted by Crippen LogP contribution is 2.34. The van der Waals surface area contributed by atoms with Gasteiger partial charge in [0, 0.05) is 20.6 Å². The highest BCUT2D eigenvalue weighted by molar-refractivity contribution is 9.10. The Morgan fingerprint density at radius 3 is 2.52 bits per heavy atom. The minimum absolute atomic E-state index is 0.353. The average Bonchev–Trinajstić information content (AvgIpc) is 2.69. The van der Waals surface area contributed by atoms with E-state index in [-0.39, 0.29) is 0 Å². The number of para-hydroxylation sites is 1. The molecule has 1 N–H and O–H groups in total. The first-order valence-electron chi connectivity index (χ1n) is 8.25. The van der Waals surface area contributed by atoms with Gasteiger partial charge in [0.2, 0.25) is 0 Å². The molecule has 0 atom stereocenters. The molecule has 0 heterocycles. The smallest absolute Gasteiger partial charge is 0.162 e. The van der Waals surface area contributed by atoms with Crippen molar-refractivity contribution < 1.29 is 9.47 Å². The lowest BCUT2D eigenvalue weighted by molar-refractivity contribution is 0.284. The third kappa shape index (κ3) is 5.25. The van der Waals surface area contributed by atoms with Crippen molar-refractivity contribution in [1.29, 1.82) is 0 Å². The Morgan fingerprint density at radius 2 is 1.78 bits per heavy atom. The van der Waals surface area contributed by atoms with Gasteiger partial charge in [0.25, 0.3) is 0 Å². The van der Waals surface area contributed by atoms with Gasteiger partial charge in [-0.25, -0.2) is 0 Å². The molecule has 0 amide bonds. The first kappa shape index (κ1) is 19.3. The SMILES string of the molecule is COc1cc(C=NNc2ccccc2)c(Br)cc1OCc1ccccc1Cl. The van der Waals surface area contributed by atoms with Crippen molar-refractivity contribution in [2.75, 3.05) is 12.5 Å². The molecule has 0 bridgehead atoms. The van der Waals surface area contributed by atoms with Gasteiger partial charge in [-0.1, -0.05) is 48.0 Å². The summed E-state index contributed by atoms with van der Waals surface area (Å²) < 4.78 is 12.2. The lowest BCUT2D eigenvalue weighted by atomic mass is 10.2. The minimum atomic E-state index is 0.353. The maximum Gasteiger partial charge on any atom is 0.162 e. The molecule has 3 rings (SSSR count). The van der Waals surface area contributed by atoms with Crippen molar-refractivity contribution in [3.05, 3.63) is 87.4 Å². The first-order chi connectivity index (χ1) is 13.2. The molecule has 0 saturated heterocycles. The van der Waals surface area contributed by atoms with Crippen molar-refractivity contribution in [3.63, 3.8) is 0 Å². The second-order valence-electron chi connectivity index (χ2n) is 5.64. The van der Waals surface area contributed by atoms with Crippen LogP contribution in [0.5, 0.6) is 11.5 Å². The topological polar surface area (TPSA) is 42.8 Å². The van der Waals surface area contributed by atoms with Gasteiger partial charge < -0.3 is 9.47 Å². The molecule has 0 aliphatic heterocycles. The van der Waals surface area contributed by atoms with Crippen LogP contribution in [0.15, 0.2) is 76.3 Å². The highest BCUT2D eigenvalue weighted by atomic mass is 79.9. The fourth-order valence-electron chi connectivity index (χ4n) is 2.38. The Bertz CT molecular complexity index is 933. The van der Waals surface area contributed by atoms with Crippen LogP contribution in [0.4, 0.5) is 5.69 Å². The summed E-state index contributed by atoms with van der Waals surface area (Å²) in [5, 5.41) is 4.94. The fraction of sp³-hybridized carbons (Fsp3) is 0.0952. The first-order valence-corrected chi connectivity index (χ1v) is 9.42. The van der Waals surface area contributed by atoms with Gasteiger partial charge in [0.05, 0.1) is 19.0 Å². The van der Waals surface area contributed by atoms with Crippen molar-refractivity contribution in [1.82, 2.24) is 0 Å². The number of benzene rings is 3. The second kappa shape index (κ2) is 9.44. The average molecular weight is 446 g/mol. The molecule has 0 spiro atoms. The Kier molecular flexibility index (Phi) is 6.74. The van der Waals surface area contributed by atoms with Gasteiger partial charge in [0.1, 0.15) is 6.61 Å². The van der Waals surface area contributed by atoms with Crippen LogP contribution >= 0.6 is 27.5 Å². The molecule has 3 aromatic carbocycles. The number of halogens is 2. The number of hydrogen-bond acceptors (Lipinski definition) is 4. The van der Waals surface area contributed by atoms with E-state index in [2.05, 4.69) is 26.5 Å². The third-order valence-corrected chi connectivity index (χ3v) is 4.85. The summed E-state index contributed by atoms with van der Waals surface area (Å²) in [5.74, 6) is 1.24. The van der Waals surface area contributed by atoms with E-state index in [9.17, 15) is 0 Å². The molecule has 0 aliphatic carbocycles. The summed E-state index contributed by atoms with van der Waals surface area (Å²) in [4.78, 5) is 0. The molecule has 6 heteroatoms. The minimum Gasteiger partial charge on any atom is -0.493 e. The Balaban J connectivity index is 1.73. The van der Waals surface area contributed by atoms with Crippen LogP contribution in [0, 0.1) is 0 Å². The van der Waals surface area contributed by atoms with Crippen LogP contribution in [0.3, 0.4) is 0 Å². The molecule has 138 valence electrons. The lowest BCUT2D eigenvalue weighted by Gasteiger charge is -2.13. The number of ether oxygens (including phenoxy) is 2.